The number of nitrogens with two attached hydrogens (primary N) is 1. The van der Waals surface area contributed by atoms with Crippen LogP contribution in [0.3, 0.4) is 0 Å². The van der Waals surface area contributed by atoms with Gasteiger partial charge in [-0.2, -0.15) is 5.10 Å². The Labute approximate surface area is 123 Å². The minimum absolute atomic E-state index is 0.185. The highest BCUT2D eigenvalue weighted by Gasteiger charge is 2.14. The van der Waals surface area contributed by atoms with Gasteiger partial charge in [0.15, 0.2) is 0 Å². The Morgan fingerprint density at radius 2 is 2.33 bits per heavy atom. The van der Waals surface area contributed by atoms with Crippen LogP contribution >= 0.6 is 0 Å². The van der Waals surface area contributed by atoms with E-state index in [0.29, 0.717) is 17.9 Å². The van der Waals surface area contributed by atoms with Crippen LogP contribution in [0, 0.1) is 18.8 Å². The van der Waals surface area contributed by atoms with Crippen LogP contribution in [0.4, 0.5) is 0 Å². The molecule has 0 saturated heterocycles. The highest BCUT2D eigenvalue weighted by molar-refractivity contribution is 5.94. The Kier molecular flexibility index (Phi) is 4.69. The number of H-pyrrole nitrogens is 1. The van der Waals surface area contributed by atoms with Crippen molar-refractivity contribution in [2.45, 2.75) is 19.9 Å². The van der Waals surface area contributed by atoms with Crippen molar-refractivity contribution in [1.29, 1.82) is 0 Å². The fourth-order valence-electron chi connectivity index (χ4n) is 1.82. The van der Waals surface area contributed by atoms with Gasteiger partial charge in [0.2, 0.25) is 0 Å². The number of carbonyl (C=O) groups is 1. The number of nitrogens with zero attached hydrogens (tertiary/aromatic N) is 2. The zero-order chi connectivity index (χ0) is 15.2. The molecule has 1 aromatic heterocycles. The van der Waals surface area contributed by atoms with Crippen LogP contribution in [-0.4, -0.2) is 27.6 Å². The number of aryl methyl sites for hydroxylation is 1. The Balaban J connectivity index is 2.16. The van der Waals surface area contributed by atoms with E-state index < -0.39 is 0 Å². The summed E-state index contributed by atoms with van der Waals surface area (Å²) < 4.78 is 0. The van der Waals surface area contributed by atoms with Gasteiger partial charge in [-0.1, -0.05) is 17.9 Å². The number of aromatic amines is 1. The Hall–Kier alpha value is -2.65. The van der Waals surface area contributed by atoms with Crippen molar-refractivity contribution in [2.75, 3.05) is 6.54 Å². The van der Waals surface area contributed by atoms with Gasteiger partial charge in [-0.15, -0.1) is 0 Å². The zero-order valence-electron chi connectivity index (χ0n) is 12.0. The number of rotatable bonds is 3. The summed E-state index contributed by atoms with van der Waals surface area (Å²) in [7, 11) is 0. The molecule has 0 aliphatic heterocycles. The van der Waals surface area contributed by atoms with Gasteiger partial charge in [0.1, 0.15) is 12.2 Å². The molecule has 1 amide bonds. The van der Waals surface area contributed by atoms with Crippen LogP contribution in [0.15, 0.2) is 24.5 Å². The first-order valence-electron chi connectivity index (χ1n) is 6.57. The average molecular weight is 283 g/mol. The second kappa shape index (κ2) is 6.68. The van der Waals surface area contributed by atoms with Gasteiger partial charge in [0.05, 0.1) is 12.6 Å². The van der Waals surface area contributed by atoms with Crippen molar-refractivity contribution in [3.8, 4) is 11.8 Å². The van der Waals surface area contributed by atoms with Crippen LogP contribution in [-0.2, 0) is 0 Å². The maximum Gasteiger partial charge on any atom is 0.251 e. The van der Waals surface area contributed by atoms with Gasteiger partial charge in [-0.3, -0.25) is 9.89 Å². The highest BCUT2D eigenvalue weighted by atomic mass is 16.1. The van der Waals surface area contributed by atoms with Gasteiger partial charge < -0.3 is 11.1 Å². The summed E-state index contributed by atoms with van der Waals surface area (Å²) >= 11 is 0. The van der Waals surface area contributed by atoms with Crippen molar-refractivity contribution in [3.05, 3.63) is 47.0 Å². The van der Waals surface area contributed by atoms with E-state index in [-0.39, 0.29) is 11.9 Å². The number of hydrogen-bond acceptors (Lipinski definition) is 4. The van der Waals surface area contributed by atoms with Crippen LogP contribution in [0.5, 0.6) is 0 Å². The summed E-state index contributed by atoms with van der Waals surface area (Å²) in [6, 6.07) is 5.15. The standard InChI is InChI=1S/C15H17N5O/c1-10-5-6-13(8-12(10)4-3-7-16)15(21)19-11(2)14-17-9-18-20-14/h5-6,8-9,11H,7,16H2,1-2H3,(H,19,21)(H,17,18,20). The van der Waals surface area contributed by atoms with Gasteiger partial charge in [0, 0.05) is 11.1 Å². The largest absolute Gasteiger partial charge is 0.342 e. The molecule has 0 saturated carbocycles. The third kappa shape index (κ3) is 3.68. The summed E-state index contributed by atoms with van der Waals surface area (Å²) in [6.45, 7) is 4.07. The third-order valence-corrected chi connectivity index (χ3v) is 3.02. The summed E-state index contributed by atoms with van der Waals surface area (Å²) in [5, 5.41) is 9.35. The molecule has 0 fully saturated rings. The van der Waals surface area contributed by atoms with Crippen LogP contribution in [0.1, 0.15) is 40.3 Å². The van der Waals surface area contributed by atoms with E-state index in [1.165, 1.54) is 6.33 Å². The van der Waals surface area contributed by atoms with E-state index in [2.05, 4.69) is 32.3 Å². The summed E-state index contributed by atoms with van der Waals surface area (Å²) in [5.74, 6) is 6.19. The molecule has 1 atom stereocenters. The molecule has 2 aromatic rings. The SMILES string of the molecule is Cc1ccc(C(=O)NC(C)c2ncn[nH]2)cc1C#CCN. The lowest BCUT2D eigenvalue weighted by Gasteiger charge is -2.11. The maximum absolute atomic E-state index is 12.2. The lowest BCUT2D eigenvalue weighted by molar-refractivity contribution is 0.0938. The predicted molar refractivity (Wildman–Crippen MR) is 79.4 cm³/mol. The first-order chi connectivity index (χ1) is 10.1. The topological polar surface area (TPSA) is 96.7 Å². The van der Waals surface area contributed by atoms with Crippen molar-refractivity contribution in [2.24, 2.45) is 5.73 Å². The van der Waals surface area contributed by atoms with Gasteiger partial charge in [-0.05, 0) is 31.5 Å². The van der Waals surface area contributed by atoms with Crippen molar-refractivity contribution in [1.82, 2.24) is 20.5 Å². The number of carbonyl (C=O) groups excluding carboxylic acids is 1. The highest BCUT2D eigenvalue weighted by Crippen LogP contribution is 2.12. The zero-order valence-corrected chi connectivity index (χ0v) is 12.0. The molecule has 0 radical (unpaired) electrons. The second-order valence-electron chi connectivity index (χ2n) is 4.60. The van der Waals surface area contributed by atoms with Gasteiger partial charge in [0.25, 0.3) is 5.91 Å². The molecule has 4 N–H and O–H groups in total. The first-order valence-corrected chi connectivity index (χ1v) is 6.57. The normalized spacial score (nSPS) is 11.4. The fourth-order valence-corrected chi connectivity index (χ4v) is 1.82. The average Bonchev–Trinajstić information content (AvgIpc) is 3.00. The quantitative estimate of drug-likeness (QED) is 0.730. The molecule has 1 heterocycles. The molecule has 6 heteroatoms. The molecular formula is C15H17N5O. The first kappa shape index (κ1) is 14.8. The van der Waals surface area contributed by atoms with E-state index in [0.717, 1.165) is 11.1 Å². The molecular weight excluding hydrogens is 266 g/mol. The lowest BCUT2D eigenvalue weighted by atomic mass is 10.0. The van der Waals surface area contributed by atoms with Gasteiger partial charge in [-0.25, -0.2) is 4.98 Å². The minimum atomic E-state index is -0.250. The summed E-state index contributed by atoms with van der Waals surface area (Å²) in [6.07, 6.45) is 1.41. The predicted octanol–water partition coefficient (Wildman–Crippen LogP) is 0.914. The summed E-state index contributed by atoms with van der Waals surface area (Å²) in [4.78, 5) is 16.3. The number of hydrogen-bond donors (Lipinski definition) is 3. The Morgan fingerprint density at radius 1 is 1.52 bits per heavy atom. The second-order valence-corrected chi connectivity index (χ2v) is 4.60. The number of amides is 1. The fraction of sp³-hybridized carbons (Fsp3) is 0.267. The number of aromatic nitrogens is 3. The molecule has 0 aliphatic carbocycles. The monoisotopic (exact) mass is 283 g/mol. The molecule has 0 spiro atoms. The van der Waals surface area contributed by atoms with Gasteiger partial charge >= 0.3 is 0 Å². The number of benzene rings is 1. The molecule has 1 aromatic carbocycles. The maximum atomic E-state index is 12.2. The Morgan fingerprint density at radius 3 is 3.00 bits per heavy atom. The summed E-state index contributed by atoms with van der Waals surface area (Å²) in [5.41, 5.74) is 7.74. The van der Waals surface area contributed by atoms with Crippen LogP contribution < -0.4 is 11.1 Å². The van der Waals surface area contributed by atoms with Crippen LogP contribution in [0.2, 0.25) is 0 Å². The minimum Gasteiger partial charge on any atom is -0.342 e. The van der Waals surface area contributed by atoms with E-state index >= 15 is 0 Å². The number of nitrogens with one attached hydrogen (secondary N) is 2. The lowest BCUT2D eigenvalue weighted by Crippen LogP contribution is -2.27. The van der Waals surface area contributed by atoms with E-state index in [9.17, 15) is 4.79 Å². The van der Waals surface area contributed by atoms with E-state index in [1.807, 2.05) is 19.9 Å². The molecule has 108 valence electrons. The van der Waals surface area contributed by atoms with E-state index in [4.69, 9.17) is 5.73 Å². The van der Waals surface area contributed by atoms with E-state index in [1.54, 1.807) is 12.1 Å². The van der Waals surface area contributed by atoms with Crippen molar-refractivity contribution in [3.63, 3.8) is 0 Å². The van der Waals surface area contributed by atoms with Crippen molar-refractivity contribution < 1.29 is 4.79 Å². The molecule has 0 bridgehead atoms. The van der Waals surface area contributed by atoms with Crippen LogP contribution in [0.25, 0.3) is 0 Å². The molecule has 21 heavy (non-hydrogen) atoms. The molecule has 0 aliphatic rings. The van der Waals surface area contributed by atoms with Crippen molar-refractivity contribution >= 4 is 5.91 Å². The smallest absolute Gasteiger partial charge is 0.251 e. The molecule has 2 rings (SSSR count). The molecule has 6 nitrogen and oxygen atoms in total. The Bertz CT molecular complexity index is 682. The molecule has 1 unspecified atom stereocenters. The third-order valence-electron chi connectivity index (χ3n) is 3.02.